The van der Waals surface area contributed by atoms with E-state index in [-0.39, 0.29) is 41.3 Å². The molecule has 9 nitrogen and oxygen atoms in total. The number of rotatable bonds is 8. The number of nitrogens with two attached hydrogens (primary N) is 1. The van der Waals surface area contributed by atoms with Gasteiger partial charge in [-0.2, -0.15) is 0 Å². The highest BCUT2D eigenvalue weighted by molar-refractivity contribution is 5.99. The van der Waals surface area contributed by atoms with Crippen molar-refractivity contribution < 1.29 is 23.9 Å². The van der Waals surface area contributed by atoms with Crippen LogP contribution < -0.4 is 15.2 Å². The molecule has 1 aromatic rings. The lowest BCUT2D eigenvalue weighted by Crippen LogP contribution is -2.42. The number of hydrogen-bond acceptors (Lipinski definition) is 7. The summed E-state index contributed by atoms with van der Waals surface area (Å²) in [4.78, 5) is 25.5. The van der Waals surface area contributed by atoms with Crippen molar-refractivity contribution in [3.63, 3.8) is 0 Å². The highest BCUT2D eigenvalue weighted by Gasteiger charge is 2.31. The lowest BCUT2D eigenvalue weighted by molar-refractivity contribution is -0.385. The second kappa shape index (κ2) is 9.52. The molecule has 1 fully saturated rings. The quantitative estimate of drug-likeness (QED) is 0.415. The van der Waals surface area contributed by atoms with E-state index in [1.54, 1.807) is 4.90 Å². The molecule has 0 aromatic heterocycles. The van der Waals surface area contributed by atoms with Crippen molar-refractivity contribution in [2.45, 2.75) is 25.8 Å². The van der Waals surface area contributed by atoms with Gasteiger partial charge < -0.3 is 24.8 Å². The molecule has 9 heteroatoms. The molecule has 1 heterocycles. The number of nitro benzene ring substituents is 1. The van der Waals surface area contributed by atoms with Gasteiger partial charge in [-0.15, -0.1) is 0 Å². The second-order valence-corrected chi connectivity index (χ2v) is 6.61. The largest absolute Gasteiger partial charge is 0.493 e. The molecule has 2 N–H and O–H groups in total. The van der Waals surface area contributed by atoms with Crippen LogP contribution in [0.2, 0.25) is 0 Å². The molecule has 150 valence electrons. The molecule has 0 radical (unpaired) electrons. The molecule has 0 aliphatic carbocycles. The van der Waals surface area contributed by atoms with Crippen LogP contribution in [0.5, 0.6) is 11.5 Å². The Morgan fingerprint density at radius 1 is 1.30 bits per heavy atom. The van der Waals surface area contributed by atoms with Gasteiger partial charge in [-0.25, -0.2) is 0 Å². The maximum atomic E-state index is 12.9. The standard InChI is InChI=1S/C18H27N3O6/c1-12(19)13-4-6-20(7-5-13)18(22)14-10-16(26-3)17(27-9-8-25-2)11-15(14)21(23)24/h10-13H,4-9,19H2,1-3H3. The molecule has 1 atom stereocenters. The second-order valence-electron chi connectivity index (χ2n) is 6.61. The Kier molecular flexibility index (Phi) is 7.37. The van der Waals surface area contributed by atoms with E-state index in [4.69, 9.17) is 19.9 Å². The lowest BCUT2D eigenvalue weighted by Gasteiger charge is -2.33. The van der Waals surface area contributed by atoms with Crippen LogP contribution in [0.15, 0.2) is 12.1 Å². The number of likely N-dealkylation sites (tertiary alicyclic amines) is 1. The topological polar surface area (TPSA) is 117 Å². The van der Waals surface area contributed by atoms with Crippen molar-refractivity contribution in [3.8, 4) is 11.5 Å². The normalized spacial score (nSPS) is 16.1. The fourth-order valence-corrected chi connectivity index (χ4v) is 3.18. The summed E-state index contributed by atoms with van der Waals surface area (Å²) >= 11 is 0. The number of hydrogen-bond donors (Lipinski definition) is 1. The van der Waals surface area contributed by atoms with Crippen molar-refractivity contribution in [3.05, 3.63) is 27.8 Å². The maximum absolute atomic E-state index is 12.9. The SMILES string of the molecule is COCCOc1cc([N+](=O)[O-])c(C(=O)N2CCC(C(C)N)CC2)cc1OC. The van der Waals surface area contributed by atoms with E-state index < -0.39 is 4.92 Å². The summed E-state index contributed by atoms with van der Waals surface area (Å²) in [6.45, 7) is 3.54. The molecule has 0 spiro atoms. The van der Waals surface area contributed by atoms with E-state index in [2.05, 4.69) is 0 Å². The van der Waals surface area contributed by atoms with Gasteiger partial charge in [-0.05, 0) is 25.7 Å². The number of nitro groups is 1. The average Bonchev–Trinajstić information content (AvgIpc) is 2.67. The van der Waals surface area contributed by atoms with Crippen molar-refractivity contribution in [2.24, 2.45) is 11.7 Å². The Labute approximate surface area is 158 Å². The number of ether oxygens (including phenoxy) is 3. The van der Waals surface area contributed by atoms with E-state index in [1.165, 1.54) is 26.4 Å². The van der Waals surface area contributed by atoms with E-state index in [0.29, 0.717) is 25.6 Å². The summed E-state index contributed by atoms with van der Waals surface area (Å²) in [7, 11) is 2.95. The predicted molar refractivity (Wildman–Crippen MR) is 99.3 cm³/mol. The van der Waals surface area contributed by atoms with Crippen LogP contribution >= 0.6 is 0 Å². The number of carbonyl (C=O) groups excluding carboxylic acids is 1. The number of benzene rings is 1. The fraction of sp³-hybridized carbons (Fsp3) is 0.611. The highest BCUT2D eigenvalue weighted by Crippen LogP contribution is 2.36. The molecule has 0 bridgehead atoms. The summed E-state index contributed by atoms with van der Waals surface area (Å²) < 4.78 is 15.7. The van der Waals surface area contributed by atoms with Gasteiger partial charge >= 0.3 is 0 Å². The Bertz CT molecular complexity index is 671. The summed E-state index contributed by atoms with van der Waals surface area (Å²) in [6.07, 6.45) is 1.57. The highest BCUT2D eigenvalue weighted by atomic mass is 16.6. The molecule has 1 saturated heterocycles. The summed E-state index contributed by atoms with van der Waals surface area (Å²) in [5, 5.41) is 11.5. The molecule has 1 aliphatic heterocycles. The zero-order valence-electron chi connectivity index (χ0n) is 16.0. The number of methoxy groups -OCH3 is 2. The molecule has 1 amide bonds. The van der Waals surface area contributed by atoms with Gasteiger partial charge in [0.1, 0.15) is 12.2 Å². The van der Waals surface area contributed by atoms with Crippen LogP contribution in [-0.4, -0.2) is 62.3 Å². The predicted octanol–water partition coefficient (Wildman–Crippen LogP) is 1.83. The minimum Gasteiger partial charge on any atom is -0.493 e. The Morgan fingerprint density at radius 2 is 1.96 bits per heavy atom. The number of carbonyl (C=O) groups is 1. The van der Waals surface area contributed by atoms with Gasteiger partial charge in [-0.1, -0.05) is 0 Å². The molecule has 1 unspecified atom stereocenters. The number of amides is 1. The molecule has 1 aliphatic rings. The zero-order chi connectivity index (χ0) is 20.0. The third-order valence-corrected chi connectivity index (χ3v) is 4.82. The van der Waals surface area contributed by atoms with Gasteiger partial charge in [0.05, 0.1) is 24.7 Å². The summed E-state index contributed by atoms with van der Waals surface area (Å²) in [5.74, 6) is 0.445. The fourth-order valence-electron chi connectivity index (χ4n) is 3.18. The van der Waals surface area contributed by atoms with Crippen LogP contribution in [0, 0.1) is 16.0 Å². The first-order valence-electron chi connectivity index (χ1n) is 8.92. The monoisotopic (exact) mass is 381 g/mol. The molecular formula is C18H27N3O6. The van der Waals surface area contributed by atoms with Crippen LogP contribution in [0.3, 0.4) is 0 Å². The van der Waals surface area contributed by atoms with Gasteiger partial charge in [0, 0.05) is 32.3 Å². The van der Waals surface area contributed by atoms with E-state index in [0.717, 1.165) is 12.8 Å². The number of nitrogens with zero attached hydrogens (tertiary/aromatic N) is 2. The van der Waals surface area contributed by atoms with E-state index in [9.17, 15) is 14.9 Å². The van der Waals surface area contributed by atoms with Crippen LogP contribution in [0.1, 0.15) is 30.1 Å². The molecule has 2 rings (SSSR count). The smallest absolute Gasteiger partial charge is 0.286 e. The first kappa shape index (κ1) is 20.9. The maximum Gasteiger partial charge on any atom is 0.286 e. The Hall–Kier alpha value is -2.39. The lowest BCUT2D eigenvalue weighted by atomic mass is 9.90. The Balaban J connectivity index is 2.26. The van der Waals surface area contributed by atoms with E-state index in [1.807, 2.05) is 6.92 Å². The van der Waals surface area contributed by atoms with Crippen LogP contribution in [0.25, 0.3) is 0 Å². The third kappa shape index (κ3) is 5.08. The van der Waals surface area contributed by atoms with Gasteiger partial charge in [0.15, 0.2) is 11.5 Å². The summed E-state index contributed by atoms with van der Waals surface area (Å²) in [6, 6.07) is 2.68. The number of piperidine rings is 1. The van der Waals surface area contributed by atoms with Crippen LogP contribution in [-0.2, 0) is 4.74 Å². The third-order valence-electron chi connectivity index (χ3n) is 4.82. The Morgan fingerprint density at radius 3 is 2.48 bits per heavy atom. The minimum absolute atomic E-state index is 0.00446. The van der Waals surface area contributed by atoms with Crippen molar-refractivity contribution in [2.75, 3.05) is 40.5 Å². The summed E-state index contributed by atoms with van der Waals surface area (Å²) in [5.41, 5.74) is 5.63. The molecule has 27 heavy (non-hydrogen) atoms. The van der Waals surface area contributed by atoms with Gasteiger partial charge in [0.25, 0.3) is 11.6 Å². The van der Waals surface area contributed by atoms with Crippen LogP contribution in [0.4, 0.5) is 5.69 Å². The first-order valence-corrected chi connectivity index (χ1v) is 8.92. The van der Waals surface area contributed by atoms with E-state index >= 15 is 0 Å². The first-order chi connectivity index (χ1) is 12.9. The van der Waals surface area contributed by atoms with Gasteiger partial charge in [0.2, 0.25) is 0 Å². The average molecular weight is 381 g/mol. The van der Waals surface area contributed by atoms with Crippen molar-refractivity contribution in [1.29, 1.82) is 0 Å². The van der Waals surface area contributed by atoms with Crippen molar-refractivity contribution in [1.82, 2.24) is 4.90 Å². The minimum atomic E-state index is -0.579. The molecule has 0 saturated carbocycles. The zero-order valence-corrected chi connectivity index (χ0v) is 16.0. The van der Waals surface area contributed by atoms with Gasteiger partial charge in [-0.3, -0.25) is 14.9 Å². The molecule has 1 aromatic carbocycles. The van der Waals surface area contributed by atoms with Crippen molar-refractivity contribution >= 4 is 11.6 Å². The molecular weight excluding hydrogens is 354 g/mol.